The van der Waals surface area contributed by atoms with Gasteiger partial charge in [-0.05, 0) is 106 Å². The van der Waals surface area contributed by atoms with E-state index >= 15 is 0 Å². The van der Waals surface area contributed by atoms with Crippen molar-refractivity contribution in [1.29, 1.82) is 0 Å². The molecule has 3 heteroatoms. The van der Waals surface area contributed by atoms with Crippen LogP contribution in [0, 0.1) is 13.8 Å². The third-order valence-electron chi connectivity index (χ3n) is 6.59. The lowest BCUT2D eigenvalue weighted by Gasteiger charge is -2.27. The zero-order valence-electron chi connectivity index (χ0n) is 20.5. The van der Waals surface area contributed by atoms with Crippen molar-refractivity contribution in [3.8, 4) is 0 Å². The van der Waals surface area contributed by atoms with Crippen LogP contribution in [0.15, 0.2) is 65.1 Å². The second kappa shape index (κ2) is 11.0. The fraction of sp³-hybridized carbons (Fsp3) is 0.379. The van der Waals surface area contributed by atoms with Crippen molar-refractivity contribution >= 4 is 27.3 Å². The van der Waals surface area contributed by atoms with E-state index in [1.165, 1.54) is 39.2 Å². The molecule has 0 fully saturated rings. The molecule has 0 saturated carbocycles. The minimum absolute atomic E-state index is 0.208. The Morgan fingerprint density at radius 3 is 1.38 bits per heavy atom. The van der Waals surface area contributed by atoms with Gasteiger partial charge in [-0.2, -0.15) is 0 Å². The van der Waals surface area contributed by atoms with Crippen LogP contribution in [0.25, 0.3) is 0 Å². The van der Waals surface area contributed by atoms with Crippen molar-refractivity contribution in [2.45, 2.75) is 47.5 Å². The van der Waals surface area contributed by atoms with Crippen molar-refractivity contribution in [1.82, 2.24) is 0 Å². The van der Waals surface area contributed by atoms with Crippen LogP contribution >= 0.6 is 15.9 Å². The molecule has 170 valence electrons. The Balaban J connectivity index is 2.13. The van der Waals surface area contributed by atoms with E-state index < -0.39 is 0 Å². The van der Waals surface area contributed by atoms with Crippen molar-refractivity contribution in [2.24, 2.45) is 0 Å². The fourth-order valence-corrected chi connectivity index (χ4v) is 4.98. The average Bonchev–Trinajstić information content (AvgIpc) is 2.79. The lowest BCUT2D eigenvalue weighted by molar-refractivity contribution is 0.859. The molecule has 3 rings (SSSR count). The Morgan fingerprint density at radius 2 is 1.03 bits per heavy atom. The van der Waals surface area contributed by atoms with Crippen LogP contribution in [0.2, 0.25) is 0 Å². The van der Waals surface area contributed by atoms with Crippen LogP contribution in [0.4, 0.5) is 11.4 Å². The molecule has 0 unspecified atom stereocenters. The molecule has 0 amide bonds. The molecule has 0 atom stereocenters. The van der Waals surface area contributed by atoms with E-state index in [-0.39, 0.29) is 5.92 Å². The Morgan fingerprint density at radius 1 is 0.625 bits per heavy atom. The number of halogens is 1. The van der Waals surface area contributed by atoms with Gasteiger partial charge in [-0.1, -0.05) is 40.2 Å². The maximum atomic E-state index is 3.61. The second-order valence-electron chi connectivity index (χ2n) is 8.41. The van der Waals surface area contributed by atoms with E-state index in [4.69, 9.17) is 0 Å². The van der Waals surface area contributed by atoms with Gasteiger partial charge in [-0.15, -0.1) is 0 Å². The third kappa shape index (κ3) is 5.20. The summed E-state index contributed by atoms with van der Waals surface area (Å²) in [6.07, 6.45) is 0. The molecule has 0 aliphatic heterocycles. The molecule has 0 bridgehead atoms. The SMILES string of the molecule is CCN(CC)c1ccc(C(c2ccc(Br)cc2)c2ccc(N(CC)CC)cc2C)c(C)c1. The smallest absolute Gasteiger partial charge is 0.0368 e. The summed E-state index contributed by atoms with van der Waals surface area (Å²) < 4.78 is 1.11. The maximum Gasteiger partial charge on any atom is 0.0368 e. The molecule has 32 heavy (non-hydrogen) atoms. The van der Waals surface area contributed by atoms with Crippen LogP contribution in [0.3, 0.4) is 0 Å². The first kappa shape index (κ1) is 24.4. The standard InChI is InChI=1S/C29H37BrN2/c1-7-31(8-2)25-15-17-27(21(5)19-25)29(23-11-13-24(30)14-12-23)28-18-16-26(20-22(28)6)32(9-3)10-4/h11-20,29H,7-10H2,1-6H3. The van der Waals surface area contributed by atoms with E-state index in [1.54, 1.807) is 0 Å². The van der Waals surface area contributed by atoms with E-state index in [9.17, 15) is 0 Å². The summed E-state index contributed by atoms with van der Waals surface area (Å²) in [7, 11) is 0. The van der Waals surface area contributed by atoms with Crippen LogP contribution in [-0.4, -0.2) is 26.2 Å². The molecule has 0 aliphatic rings. The first-order valence-electron chi connectivity index (χ1n) is 11.9. The molecule has 0 N–H and O–H groups in total. The second-order valence-corrected chi connectivity index (χ2v) is 9.33. The molecule has 0 radical (unpaired) electrons. The third-order valence-corrected chi connectivity index (χ3v) is 7.12. The first-order chi connectivity index (χ1) is 15.4. The van der Waals surface area contributed by atoms with Crippen LogP contribution in [-0.2, 0) is 0 Å². The normalized spacial score (nSPS) is 11.1. The molecule has 0 aromatic heterocycles. The van der Waals surface area contributed by atoms with Crippen molar-refractivity contribution < 1.29 is 0 Å². The molecular formula is C29H37BrN2. The number of hydrogen-bond acceptors (Lipinski definition) is 2. The number of rotatable bonds is 9. The zero-order valence-corrected chi connectivity index (χ0v) is 22.0. The van der Waals surface area contributed by atoms with Crippen LogP contribution < -0.4 is 9.80 Å². The number of anilines is 2. The Bertz CT molecular complexity index is 956. The van der Waals surface area contributed by atoms with Crippen LogP contribution in [0.1, 0.15) is 61.4 Å². The fourth-order valence-electron chi connectivity index (χ4n) is 4.72. The van der Waals surface area contributed by atoms with E-state index in [0.29, 0.717) is 0 Å². The van der Waals surface area contributed by atoms with Crippen molar-refractivity contribution in [3.05, 3.63) is 93.0 Å². The Hall–Kier alpha value is -2.26. The topological polar surface area (TPSA) is 6.48 Å². The number of hydrogen-bond donors (Lipinski definition) is 0. The van der Waals surface area contributed by atoms with Gasteiger partial charge in [0.1, 0.15) is 0 Å². The molecule has 0 aliphatic carbocycles. The van der Waals surface area contributed by atoms with Gasteiger partial charge in [0.2, 0.25) is 0 Å². The van der Waals surface area contributed by atoms with Gasteiger partial charge in [0.05, 0.1) is 0 Å². The molecule has 0 spiro atoms. The monoisotopic (exact) mass is 492 g/mol. The number of benzene rings is 3. The quantitative estimate of drug-likeness (QED) is 0.279. The van der Waals surface area contributed by atoms with E-state index in [2.05, 4.69) is 128 Å². The zero-order chi connectivity index (χ0) is 23.3. The summed E-state index contributed by atoms with van der Waals surface area (Å²) in [5, 5.41) is 0. The highest BCUT2D eigenvalue weighted by Crippen LogP contribution is 2.38. The molecule has 3 aromatic rings. The molecule has 0 saturated heterocycles. The highest BCUT2D eigenvalue weighted by atomic mass is 79.9. The minimum atomic E-state index is 0.208. The lowest BCUT2D eigenvalue weighted by atomic mass is 9.81. The predicted octanol–water partition coefficient (Wildman–Crippen LogP) is 7.94. The number of nitrogens with zero attached hydrogens (tertiary/aromatic N) is 2. The summed E-state index contributed by atoms with van der Waals surface area (Å²) in [4.78, 5) is 4.82. The van der Waals surface area contributed by atoms with Gasteiger partial charge in [0.15, 0.2) is 0 Å². The van der Waals surface area contributed by atoms with Crippen molar-refractivity contribution in [3.63, 3.8) is 0 Å². The Kier molecular flexibility index (Phi) is 8.42. The highest BCUT2D eigenvalue weighted by Gasteiger charge is 2.22. The first-order valence-corrected chi connectivity index (χ1v) is 12.7. The van der Waals surface area contributed by atoms with E-state index in [0.717, 1.165) is 30.7 Å². The predicted molar refractivity (Wildman–Crippen MR) is 145 cm³/mol. The van der Waals surface area contributed by atoms with Crippen molar-refractivity contribution in [2.75, 3.05) is 36.0 Å². The van der Waals surface area contributed by atoms with Gasteiger partial charge in [0.25, 0.3) is 0 Å². The summed E-state index contributed by atoms with van der Waals surface area (Å²) in [5.74, 6) is 0.208. The molecule has 3 aromatic carbocycles. The van der Waals surface area contributed by atoms with Gasteiger partial charge >= 0.3 is 0 Å². The minimum Gasteiger partial charge on any atom is -0.372 e. The number of aryl methyl sites for hydroxylation is 2. The Labute approximate surface area is 203 Å². The molecular weight excluding hydrogens is 456 g/mol. The summed E-state index contributed by atoms with van der Waals surface area (Å²) in [5.41, 5.74) is 9.37. The average molecular weight is 494 g/mol. The highest BCUT2D eigenvalue weighted by molar-refractivity contribution is 9.10. The van der Waals surface area contributed by atoms with Gasteiger partial charge in [0, 0.05) is 47.9 Å². The molecule has 2 nitrogen and oxygen atoms in total. The van der Waals surface area contributed by atoms with Crippen LogP contribution in [0.5, 0.6) is 0 Å². The van der Waals surface area contributed by atoms with Gasteiger partial charge < -0.3 is 9.80 Å². The lowest BCUT2D eigenvalue weighted by Crippen LogP contribution is -2.22. The summed E-state index contributed by atoms with van der Waals surface area (Å²) in [6.45, 7) is 17.5. The molecule has 0 heterocycles. The van der Waals surface area contributed by atoms with Gasteiger partial charge in [-0.25, -0.2) is 0 Å². The van der Waals surface area contributed by atoms with E-state index in [1.807, 2.05) is 0 Å². The maximum absolute atomic E-state index is 3.61. The largest absolute Gasteiger partial charge is 0.372 e. The van der Waals surface area contributed by atoms with Gasteiger partial charge in [-0.3, -0.25) is 0 Å². The summed E-state index contributed by atoms with van der Waals surface area (Å²) >= 11 is 3.61. The summed E-state index contributed by atoms with van der Waals surface area (Å²) in [6, 6.07) is 22.8.